The highest BCUT2D eigenvalue weighted by atomic mass is 16.5. The molecule has 3 atom stereocenters. The van der Waals surface area contributed by atoms with Crippen LogP contribution in [0.3, 0.4) is 0 Å². The van der Waals surface area contributed by atoms with E-state index < -0.39 is 0 Å². The average Bonchev–Trinajstić information content (AvgIpc) is 2.64. The highest BCUT2D eigenvalue weighted by Crippen LogP contribution is 2.54. The van der Waals surface area contributed by atoms with E-state index in [1.54, 1.807) is 6.42 Å². The molecular weight excluding hydrogens is 162 g/mol. The van der Waals surface area contributed by atoms with Gasteiger partial charge in [-0.25, -0.2) is 0 Å². The lowest BCUT2D eigenvalue weighted by Gasteiger charge is -2.16. The van der Waals surface area contributed by atoms with Gasteiger partial charge in [0.1, 0.15) is 0 Å². The Morgan fingerprint density at radius 3 is 2.69 bits per heavy atom. The average molecular weight is 181 g/mol. The molecule has 2 heteroatoms. The van der Waals surface area contributed by atoms with Crippen LogP contribution >= 0.6 is 0 Å². The Morgan fingerprint density at radius 1 is 1.15 bits per heavy atom. The monoisotopic (exact) mass is 181 g/mol. The van der Waals surface area contributed by atoms with Gasteiger partial charge in [-0.2, -0.15) is 0 Å². The van der Waals surface area contributed by atoms with Crippen LogP contribution in [-0.2, 0) is 4.74 Å². The van der Waals surface area contributed by atoms with Crippen molar-refractivity contribution in [2.45, 2.75) is 31.7 Å². The van der Waals surface area contributed by atoms with E-state index >= 15 is 0 Å². The van der Waals surface area contributed by atoms with E-state index in [1.807, 2.05) is 0 Å². The van der Waals surface area contributed by atoms with E-state index in [0.717, 1.165) is 31.0 Å². The number of hydrogen-bond donors (Lipinski definition) is 1. The van der Waals surface area contributed by atoms with Gasteiger partial charge in [-0.3, -0.25) is 0 Å². The largest absolute Gasteiger partial charge is 0.380 e. The van der Waals surface area contributed by atoms with Crippen molar-refractivity contribution in [3.8, 4) is 0 Å². The lowest BCUT2D eigenvalue weighted by atomic mass is 10.0. The summed E-state index contributed by atoms with van der Waals surface area (Å²) >= 11 is 0. The van der Waals surface area contributed by atoms with Crippen molar-refractivity contribution in [3.63, 3.8) is 0 Å². The summed E-state index contributed by atoms with van der Waals surface area (Å²) in [5.74, 6) is 3.25. The predicted octanol–water partition coefficient (Wildman–Crippen LogP) is 1.41. The minimum atomic E-state index is 0.664. The molecule has 1 aliphatic heterocycles. The van der Waals surface area contributed by atoms with Crippen molar-refractivity contribution in [2.24, 2.45) is 17.8 Å². The van der Waals surface area contributed by atoms with Gasteiger partial charge in [-0.1, -0.05) is 0 Å². The third-order valence-corrected chi connectivity index (χ3v) is 3.97. The van der Waals surface area contributed by atoms with Gasteiger partial charge in [0.05, 0.1) is 6.61 Å². The first-order chi connectivity index (χ1) is 6.42. The molecule has 2 saturated carbocycles. The van der Waals surface area contributed by atoms with Crippen LogP contribution in [0.5, 0.6) is 0 Å². The van der Waals surface area contributed by atoms with Crippen LogP contribution in [0.25, 0.3) is 0 Å². The molecule has 1 N–H and O–H groups in total. The first kappa shape index (κ1) is 8.25. The fraction of sp³-hybridized carbons (Fsp3) is 1.00. The van der Waals surface area contributed by atoms with Crippen LogP contribution in [0.15, 0.2) is 0 Å². The summed E-state index contributed by atoms with van der Waals surface area (Å²) < 4.78 is 5.34. The van der Waals surface area contributed by atoms with Crippen molar-refractivity contribution in [2.75, 3.05) is 19.8 Å². The molecule has 13 heavy (non-hydrogen) atoms. The molecule has 0 bridgehead atoms. The fourth-order valence-corrected chi connectivity index (χ4v) is 3.04. The number of fused-ring (bicyclic) bond motifs is 1. The summed E-state index contributed by atoms with van der Waals surface area (Å²) in [6, 6.07) is 0.664. The Labute approximate surface area is 80.0 Å². The fourth-order valence-electron chi connectivity index (χ4n) is 3.04. The van der Waals surface area contributed by atoms with Crippen molar-refractivity contribution >= 4 is 0 Å². The molecule has 74 valence electrons. The molecular formula is C11H19NO. The van der Waals surface area contributed by atoms with E-state index in [2.05, 4.69) is 5.32 Å². The van der Waals surface area contributed by atoms with E-state index in [-0.39, 0.29) is 0 Å². The Kier molecular flexibility index (Phi) is 2.06. The second kappa shape index (κ2) is 3.25. The molecule has 3 aliphatic rings. The topological polar surface area (TPSA) is 21.3 Å². The Hall–Kier alpha value is -0.0800. The molecule has 0 radical (unpaired) electrons. The van der Waals surface area contributed by atoms with Crippen LogP contribution < -0.4 is 5.32 Å². The molecule has 2 aliphatic carbocycles. The minimum absolute atomic E-state index is 0.664. The molecule has 1 saturated heterocycles. The van der Waals surface area contributed by atoms with E-state index in [9.17, 15) is 0 Å². The number of hydrogen-bond acceptors (Lipinski definition) is 2. The van der Waals surface area contributed by atoms with E-state index in [1.165, 1.54) is 25.8 Å². The van der Waals surface area contributed by atoms with Crippen molar-refractivity contribution in [3.05, 3.63) is 0 Å². The summed E-state index contributed by atoms with van der Waals surface area (Å²) in [7, 11) is 0. The molecule has 0 spiro atoms. The van der Waals surface area contributed by atoms with Crippen LogP contribution in [0.2, 0.25) is 0 Å². The smallest absolute Gasteiger partial charge is 0.0620 e. The quantitative estimate of drug-likeness (QED) is 0.711. The van der Waals surface area contributed by atoms with Gasteiger partial charge in [-0.05, 0) is 50.0 Å². The van der Waals surface area contributed by atoms with Crippen LogP contribution in [0.4, 0.5) is 0 Å². The first-order valence-electron chi connectivity index (χ1n) is 5.73. The highest BCUT2D eigenvalue weighted by Gasteiger charge is 2.45. The molecule has 0 aromatic heterocycles. The molecule has 3 unspecified atom stereocenters. The second-order valence-electron chi connectivity index (χ2n) is 5.06. The van der Waals surface area contributed by atoms with Gasteiger partial charge < -0.3 is 10.1 Å². The summed E-state index contributed by atoms with van der Waals surface area (Å²) in [5, 5.41) is 3.64. The zero-order chi connectivity index (χ0) is 8.67. The zero-order valence-corrected chi connectivity index (χ0v) is 8.17. The van der Waals surface area contributed by atoms with Crippen molar-refractivity contribution < 1.29 is 4.74 Å². The third kappa shape index (κ3) is 1.75. The Bertz CT molecular complexity index is 179. The van der Waals surface area contributed by atoms with Crippen LogP contribution in [0.1, 0.15) is 25.7 Å². The molecule has 3 fully saturated rings. The molecule has 1 heterocycles. The van der Waals surface area contributed by atoms with Crippen molar-refractivity contribution in [1.29, 1.82) is 0 Å². The molecule has 2 nitrogen and oxygen atoms in total. The van der Waals surface area contributed by atoms with Crippen LogP contribution in [0, 0.1) is 17.8 Å². The maximum Gasteiger partial charge on any atom is 0.0620 e. The van der Waals surface area contributed by atoms with Gasteiger partial charge in [0.25, 0.3) is 0 Å². The highest BCUT2D eigenvalue weighted by molar-refractivity contribution is 4.96. The lowest BCUT2D eigenvalue weighted by molar-refractivity contribution is 0.189. The van der Waals surface area contributed by atoms with Gasteiger partial charge in [-0.15, -0.1) is 0 Å². The normalized spacial score (nSPS) is 48.0. The standard InChI is InChI=1S/C11H19NO/c1-2-13-7-11(1)12-6-8-3-9-5-10(9)4-8/h8-12H,1-7H2. The molecule has 0 amide bonds. The third-order valence-electron chi connectivity index (χ3n) is 3.97. The SMILES string of the molecule is C1CC(NCC2CC3CC3C2)CO1. The van der Waals surface area contributed by atoms with Gasteiger partial charge in [0.2, 0.25) is 0 Å². The summed E-state index contributed by atoms with van der Waals surface area (Å²) in [6.07, 6.45) is 5.78. The summed E-state index contributed by atoms with van der Waals surface area (Å²) in [4.78, 5) is 0. The first-order valence-corrected chi connectivity index (χ1v) is 5.73. The predicted molar refractivity (Wildman–Crippen MR) is 51.5 cm³/mol. The zero-order valence-electron chi connectivity index (χ0n) is 8.17. The summed E-state index contributed by atoms with van der Waals surface area (Å²) in [6.45, 7) is 3.16. The molecule has 0 aromatic carbocycles. The second-order valence-corrected chi connectivity index (χ2v) is 5.06. The van der Waals surface area contributed by atoms with Gasteiger partial charge in [0.15, 0.2) is 0 Å². The lowest BCUT2D eigenvalue weighted by Crippen LogP contribution is -2.33. The molecule has 3 rings (SSSR count). The Morgan fingerprint density at radius 2 is 2.00 bits per heavy atom. The van der Waals surface area contributed by atoms with E-state index in [0.29, 0.717) is 6.04 Å². The minimum Gasteiger partial charge on any atom is -0.380 e. The maximum atomic E-state index is 5.34. The maximum absolute atomic E-state index is 5.34. The van der Waals surface area contributed by atoms with Crippen LogP contribution in [-0.4, -0.2) is 25.8 Å². The number of nitrogens with one attached hydrogen (secondary N) is 1. The summed E-state index contributed by atoms with van der Waals surface area (Å²) in [5.41, 5.74) is 0. The Balaban J connectivity index is 1.38. The van der Waals surface area contributed by atoms with Gasteiger partial charge >= 0.3 is 0 Å². The van der Waals surface area contributed by atoms with E-state index in [4.69, 9.17) is 4.74 Å². The number of ether oxygens (including phenoxy) is 1. The van der Waals surface area contributed by atoms with Crippen molar-refractivity contribution in [1.82, 2.24) is 5.32 Å². The van der Waals surface area contributed by atoms with Gasteiger partial charge in [0, 0.05) is 12.6 Å². The number of rotatable bonds is 3. The molecule has 0 aromatic rings.